The molecule has 5 heteroatoms. The van der Waals surface area contributed by atoms with E-state index in [0.717, 1.165) is 15.8 Å². The van der Waals surface area contributed by atoms with E-state index in [1.54, 1.807) is 7.11 Å². The highest BCUT2D eigenvalue weighted by atomic mass is 79.9. The first-order valence-corrected chi connectivity index (χ1v) is 6.55. The molecule has 1 atom stereocenters. The highest BCUT2D eigenvalue weighted by Gasteiger charge is 2.29. The smallest absolute Gasteiger partial charge is 0.250 e. The third-order valence-electron chi connectivity index (χ3n) is 2.84. The van der Waals surface area contributed by atoms with Crippen molar-refractivity contribution in [2.24, 2.45) is 10.9 Å². The Kier molecular flexibility index (Phi) is 3.71. The van der Waals surface area contributed by atoms with Crippen LogP contribution in [-0.4, -0.2) is 24.9 Å². The Morgan fingerprint density at radius 2 is 2.17 bits per heavy atom. The van der Waals surface area contributed by atoms with Crippen molar-refractivity contribution in [1.82, 2.24) is 5.32 Å². The molecular formula is C13H15BrN2O2. The minimum absolute atomic E-state index is 0.0352. The fourth-order valence-corrected chi connectivity index (χ4v) is 2.37. The number of nitrogens with one attached hydrogen (secondary N) is 1. The Morgan fingerprint density at radius 1 is 1.44 bits per heavy atom. The predicted octanol–water partition coefficient (Wildman–Crippen LogP) is 2.36. The van der Waals surface area contributed by atoms with Crippen LogP contribution in [0.5, 0.6) is 5.75 Å². The number of carbonyl (C=O) groups is 1. The van der Waals surface area contributed by atoms with Crippen molar-refractivity contribution in [2.45, 2.75) is 19.9 Å². The molecule has 4 nitrogen and oxygen atoms in total. The molecule has 1 unspecified atom stereocenters. The molecule has 0 saturated carbocycles. The number of ether oxygens (including phenoxy) is 1. The van der Waals surface area contributed by atoms with Crippen LogP contribution in [0.3, 0.4) is 0 Å². The third-order valence-corrected chi connectivity index (χ3v) is 3.45. The second-order valence-electron chi connectivity index (χ2n) is 4.51. The summed E-state index contributed by atoms with van der Waals surface area (Å²) in [6.45, 7) is 3.97. The number of hydrogen-bond acceptors (Lipinski definition) is 3. The number of carbonyl (C=O) groups excluding carboxylic acids is 1. The lowest BCUT2D eigenvalue weighted by molar-refractivity contribution is -0.120. The van der Waals surface area contributed by atoms with Crippen LogP contribution in [0.25, 0.3) is 0 Å². The average Bonchev–Trinajstić information content (AvgIpc) is 2.71. The molecular weight excluding hydrogens is 296 g/mol. The van der Waals surface area contributed by atoms with E-state index in [9.17, 15) is 4.79 Å². The Balaban J connectivity index is 2.31. The van der Waals surface area contributed by atoms with Crippen LogP contribution < -0.4 is 10.1 Å². The maximum atomic E-state index is 11.7. The summed E-state index contributed by atoms with van der Waals surface area (Å²) in [5.41, 5.74) is 0.874. The first-order valence-electron chi connectivity index (χ1n) is 5.75. The van der Waals surface area contributed by atoms with Crippen molar-refractivity contribution in [3.8, 4) is 5.75 Å². The van der Waals surface area contributed by atoms with Gasteiger partial charge in [-0.25, -0.2) is 0 Å². The molecule has 0 bridgehead atoms. The van der Waals surface area contributed by atoms with E-state index in [-0.39, 0.29) is 17.9 Å². The monoisotopic (exact) mass is 310 g/mol. The van der Waals surface area contributed by atoms with Gasteiger partial charge >= 0.3 is 0 Å². The molecule has 1 aliphatic rings. The molecule has 96 valence electrons. The van der Waals surface area contributed by atoms with Gasteiger partial charge in [0.15, 0.2) is 0 Å². The van der Waals surface area contributed by atoms with Gasteiger partial charge in [-0.1, -0.05) is 13.8 Å². The number of hydrogen-bond donors (Lipinski definition) is 1. The molecule has 1 amide bonds. The summed E-state index contributed by atoms with van der Waals surface area (Å²) < 4.78 is 6.01. The third kappa shape index (κ3) is 2.41. The minimum Gasteiger partial charge on any atom is -0.496 e. The van der Waals surface area contributed by atoms with Crippen LogP contribution in [0, 0.1) is 5.92 Å². The summed E-state index contributed by atoms with van der Waals surface area (Å²) in [4.78, 5) is 16.2. The fraction of sp³-hybridized carbons (Fsp3) is 0.385. The van der Waals surface area contributed by atoms with E-state index < -0.39 is 0 Å². The number of halogens is 1. The van der Waals surface area contributed by atoms with E-state index >= 15 is 0 Å². The fourth-order valence-electron chi connectivity index (χ4n) is 1.83. The van der Waals surface area contributed by atoms with Gasteiger partial charge in [-0.3, -0.25) is 9.79 Å². The molecule has 1 aliphatic heterocycles. The van der Waals surface area contributed by atoms with Crippen molar-refractivity contribution in [2.75, 3.05) is 7.11 Å². The Bertz CT molecular complexity index is 512. The zero-order valence-corrected chi connectivity index (χ0v) is 12.1. The number of amidine groups is 1. The number of benzene rings is 1. The second-order valence-corrected chi connectivity index (χ2v) is 5.36. The van der Waals surface area contributed by atoms with Gasteiger partial charge in [0.25, 0.3) is 5.91 Å². The van der Waals surface area contributed by atoms with Crippen LogP contribution in [0.1, 0.15) is 19.4 Å². The summed E-state index contributed by atoms with van der Waals surface area (Å²) in [7, 11) is 1.61. The standard InChI is InChI=1S/C13H15BrN2O2/c1-7(2)11-13(17)16-12(15-11)8-4-5-10(18-3)9(14)6-8/h4-7,11H,1-3H3,(H,15,16,17). The van der Waals surface area contributed by atoms with Gasteiger partial charge in [0, 0.05) is 5.56 Å². The quantitative estimate of drug-likeness (QED) is 0.931. The van der Waals surface area contributed by atoms with Crippen LogP contribution in [0.4, 0.5) is 0 Å². The molecule has 0 saturated heterocycles. The highest BCUT2D eigenvalue weighted by molar-refractivity contribution is 9.10. The number of amides is 1. The Morgan fingerprint density at radius 3 is 2.67 bits per heavy atom. The maximum absolute atomic E-state index is 11.7. The first kappa shape index (κ1) is 13.1. The van der Waals surface area contributed by atoms with E-state index in [1.165, 1.54) is 0 Å². The van der Waals surface area contributed by atoms with Gasteiger partial charge in [0.05, 0.1) is 11.6 Å². The molecule has 1 aromatic carbocycles. The topological polar surface area (TPSA) is 50.7 Å². The van der Waals surface area contributed by atoms with Crippen molar-refractivity contribution >= 4 is 27.7 Å². The second kappa shape index (κ2) is 5.10. The van der Waals surface area contributed by atoms with E-state index in [4.69, 9.17) is 4.74 Å². The van der Waals surface area contributed by atoms with Crippen LogP contribution in [0.15, 0.2) is 27.7 Å². The SMILES string of the molecule is COc1ccc(C2=NC(C(C)C)C(=O)N2)cc1Br. The molecule has 1 aromatic rings. The van der Waals surface area contributed by atoms with Gasteiger partial charge < -0.3 is 10.1 Å². The summed E-state index contributed by atoms with van der Waals surface area (Å²) in [5.74, 6) is 1.54. The average molecular weight is 311 g/mol. The summed E-state index contributed by atoms with van der Waals surface area (Å²) in [5, 5.41) is 2.82. The molecule has 0 fully saturated rings. The first-order chi connectivity index (χ1) is 8.52. The minimum atomic E-state index is -0.291. The number of aliphatic imine (C=N–C) groups is 1. The van der Waals surface area contributed by atoms with Gasteiger partial charge in [-0.05, 0) is 40.0 Å². The molecule has 0 aliphatic carbocycles. The molecule has 0 radical (unpaired) electrons. The van der Waals surface area contributed by atoms with Crippen LogP contribution in [-0.2, 0) is 4.79 Å². The van der Waals surface area contributed by atoms with Gasteiger partial charge in [0.1, 0.15) is 17.6 Å². The normalized spacial score (nSPS) is 18.8. The molecule has 1 heterocycles. The van der Waals surface area contributed by atoms with Gasteiger partial charge in [0.2, 0.25) is 0 Å². The van der Waals surface area contributed by atoms with Crippen molar-refractivity contribution in [3.63, 3.8) is 0 Å². The lowest BCUT2D eigenvalue weighted by Crippen LogP contribution is -2.31. The molecule has 2 rings (SSSR count). The predicted molar refractivity (Wildman–Crippen MR) is 74.0 cm³/mol. The molecule has 0 spiro atoms. The highest BCUT2D eigenvalue weighted by Crippen LogP contribution is 2.26. The lowest BCUT2D eigenvalue weighted by Gasteiger charge is -2.06. The Hall–Kier alpha value is -1.36. The summed E-state index contributed by atoms with van der Waals surface area (Å²) >= 11 is 3.42. The van der Waals surface area contributed by atoms with E-state index in [2.05, 4.69) is 26.2 Å². The van der Waals surface area contributed by atoms with Crippen molar-refractivity contribution < 1.29 is 9.53 Å². The van der Waals surface area contributed by atoms with Crippen molar-refractivity contribution in [1.29, 1.82) is 0 Å². The molecule has 18 heavy (non-hydrogen) atoms. The Labute approximate surface area is 115 Å². The number of rotatable bonds is 3. The summed E-state index contributed by atoms with van der Waals surface area (Å²) in [6.07, 6.45) is 0. The van der Waals surface area contributed by atoms with Crippen molar-refractivity contribution in [3.05, 3.63) is 28.2 Å². The van der Waals surface area contributed by atoms with Gasteiger partial charge in [-0.2, -0.15) is 0 Å². The lowest BCUT2D eigenvalue weighted by atomic mass is 10.1. The zero-order chi connectivity index (χ0) is 13.3. The van der Waals surface area contributed by atoms with Crippen LogP contribution >= 0.6 is 15.9 Å². The van der Waals surface area contributed by atoms with Crippen LogP contribution in [0.2, 0.25) is 0 Å². The molecule has 0 aromatic heterocycles. The largest absolute Gasteiger partial charge is 0.496 e. The van der Waals surface area contributed by atoms with Gasteiger partial charge in [-0.15, -0.1) is 0 Å². The summed E-state index contributed by atoms with van der Waals surface area (Å²) in [6, 6.07) is 5.32. The maximum Gasteiger partial charge on any atom is 0.250 e. The number of nitrogens with zero attached hydrogens (tertiary/aromatic N) is 1. The number of methoxy groups -OCH3 is 1. The van der Waals surface area contributed by atoms with E-state index in [0.29, 0.717) is 5.84 Å². The zero-order valence-electron chi connectivity index (χ0n) is 10.5. The van der Waals surface area contributed by atoms with E-state index in [1.807, 2.05) is 32.0 Å². The molecule has 1 N–H and O–H groups in total.